The number of carbonyl (C=O) groups is 2. The van der Waals surface area contributed by atoms with Crippen LogP contribution in [0.25, 0.3) is 16.1 Å². The summed E-state index contributed by atoms with van der Waals surface area (Å²) in [6, 6.07) is 6.37. The minimum absolute atomic E-state index is 0.0466. The summed E-state index contributed by atoms with van der Waals surface area (Å²) in [7, 11) is 0. The van der Waals surface area contributed by atoms with Gasteiger partial charge >= 0.3 is 12.3 Å². The molecule has 1 aliphatic heterocycles. The Morgan fingerprint density at radius 2 is 1.98 bits per heavy atom. The SMILES string of the molecule is Cc1ncsc1-c1ccc(C2N=C(N)N(C(COC(=O)NC3(C(F)(F)F)CC3)c3ccc(Cl)c(-n4ncnc4C)c3)C2=O)c(F)c1. The standard InChI is InChI=1S/C29H25ClF4N8O3S/c1-14-24(46-13-37-14)17-3-5-18(20(31)9-17)23-25(43)41(26(35)39-23)22(11-45-27(44)40-28(7-8-28)29(32,33)34)16-4-6-19(30)21(10-16)42-15(2)36-12-38-42/h3-6,9-10,12-13,22-23H,7-8,11H2,1-2H3,(H2,35,39)(H,40,44). The lowest BCUT2D eigenvalue weighted by Crippen LogP contribution is -2.49. The van der Waals surface area contributed by atoms with Gasteiger partial charge in [-0.3, -0.25) is 9.69 Å². The summed E-state index contributed by atoms with van der Waals surface area (Å²) in [5.41, 5.74) is 7.44. The Balaban J connectivity index is 1.32. The number of benzene rings is 2. The number of nitrogens with two attached hydrogens (primary N) is 1. The maximum Gasteiger partial charge on any atom is 0.411 e. The van der Waals surface area contributed by atoms with Gasteiger partial charge in [-0.25, -0.2) is 28.8 Å². The minimum atomic E-state index is -4.67. The highest BCUT2D eigenvalue weighted by Crippen LogP contribution is 2.49. The van der Waals surface area contributed by atoms with Gasteiger partial charge in [-0.1, -0.05) is 29.8 Å². The molecule has 1 fully saturated rings. The highest BCUT2D eigenvalue weighted by Gasteiger charge is 2.64. The van der Waals surface area contributed by atoms with Gasteiger partial charge in [-0.15, -0.1) is 11.3 Å². The number of halogens is 5. The van der Waals surface area contributed by atoms with Crippen LogP contribution >= 0.6 is 22.9 Å². The van der Waals surface area contributed by atoms with Gasteiger partial charge in [0.25, 0.3) is 5.91 Å². The quantitative estimate of drug-likeness (QED) is 0.233. The second-order valence-corrected chi connectivity index (χ2v) is 12.1. The van der Waals surface area contributed by atoms with Crippen LogP contribution in [0.4, 0.5) is 22.4 Å². The van der Waals surface area contributed by atoms with E-state index in [9.17, 15) is 22.8 Å². The van der Waals surface area contributed by atoms with Crippen molar-refractivity contribution < 1.29 is 31.9 Å². The van der Waals surface area contributed by atoms with Gasteiger partial charge in [0.1, 0.15) is 30.1 Å². The van der Waals surface area contributed by atoms with E-state index in [0.29, 0.717) is 22.6 Å². The van der Waals surface area contributed by atoms with Crippen molar-refractivity contribution in [1.82, 2.24) is 30.0 Å². The Morgan fingerprint density at radius 3 is 2.59 bits per heavy atom. The van der Waals surface area contributed by atoms with Gasteiger partial charge in [0, 0.05) is 5.56 Å². The molecule has 2 unspecified atom stereocenters. The molecule has 1 saturated carbocycles. The van der Waals surface area contributed by atoms with Crippen LogP contribution < -0.4 is 11.1 Å². The van der Waals surface area contributed by atoms with E-state index in [1.54, 1.807) is 31.5 Å². The monoisotopic (exact) mass is 676 g/mol. The zero-order valence-electron chi connectivity index (χ0n) is 24.2. The van der Waals surface area contributed by atoms with Crippen LogP contribution in [-0.4, -0.2) is 60.9 Å². The lowest BCUT2D eigenvalue weighted by atomic mass is 10.0. The molecule has 2 amide bonds. The average Bonchev–Trinajstić information content (AvgIpc) is 3.31. The highest BCUT2D eigenvalue weighted by atomic mass is 35.5. The zero-order valence-corrected chi connectivity index (χ0v) is 25.8. The summed E-state index contributed by atoms with van der Waals surface area (Å²) < 4.78 is 62.6. The average molecular weight is 677 g/mol. The second kappa shape index (κ2) is 11.7. The molecular weight excluding hydrogens is 652 g/mol. The van der Waals surface area contributed by atoms with Crippen LogP contribution in [0.1, 0.15) is 47.6 Å². The van der Waals surface area contributed by atoms with Crippen LogP contribution in [0.3, 0.4) is 0 Å². The fraction of sp³-hybridized carbons (Fsp3) is 0.310. The molecule has 240 valence electrons. The smallest absolute Gasteiger partial charge is 0.411 e. The lowest BCUT2D eigenvalue weighted by Gasteiger charge is -2.29. The number of alkyl carbamates (subject to hydrolysis) is 1. The highest BCUT2D eigenvalue weighted by molar-refractivity contribution is 7.13. The van der Waals surface area contributed by atoms with E-state index in [1.807, 2.05) is 5.32 Å². The summed E-state index contributed by atoms with van der Waals surface area (Å²) in [6.07, 6.45) is -5.26. The molecule has 3 heterocycles. The molecule has 2 aliphatic rings. The number of amides is 2. The minimum Gasteiger partial charge on any atom is -0.447 e. The summed E-state index contributed by atoms with van der Waals surface area (Å²) >= 11 is 7.79. The predicted molar refractivity (Wildman–Crippen MR) is 160 cm³/mol. The third-order valence-electron chi connectivity index (χ3n) is 7.90. The molecule has 2 atom stereocenters. The Bertz CT molecular complexity index is 1870. The van der Waals surface area contributed by atoms with Crippen LogP contribution in [-0.2, 0) is 9.53 Å². The van der Waals surface area contributed by atoms with E-state index in [-0.39, 0.29) is 29.4 Å². The molecule has 17 heteroatoms. The third kappa shape index (κ3) is 5.66. The van der Waals surface area contributed by atoms with Crippen molar-refractivity contribution >= 4 is 40.9 Å². The molecule has 0 radical (unpaired) electrons. The van der Waals surface area contributed by atoms with Crippen molar-refractivity contribution in [2.24, 2.45) is 10.7 Å². The largest absolute Gasteiger partial charge is 0.447 e. The van der Waals surface area contributed by atoms with Gasteiger partial charge in [-0.05, 0) is 56.0 Å². The normalized spacial score (nSPS) is 18.0. The first-order chi connectivity index (χ1) is 21.8. The molecular formula is C29H25ClF4N8O3S. The van der Waals surface area contributed by atoms with Crippen molar-refractivity contribution in [3.8, 4) is 16.1 Å². The van der Waals surface area contributed by atoms with Gasteiger partial charge in [0.2, 0.25) is 0 Å². The van der Waals surface area contributed by atoms with E-state index in [4.69, 9.17) is 22.1 Å². The molecule has 0 spiro atoms. The number of thiazole rings is 1. The summed E-state index contributed by atoms with van der Waals surface area (Å²) in [6.45, 7) is 2.85. The number of aromatic nitrogens is 4. The first-order valence-electron chi connectivity index (χ1n) is 13.8. The number of aryl methyl sites for hydroxylation is 2. The number of ether oxygens (including phenoxy) is 1. The molecule has 11 nitrogen and oxygen atoms in total. The Labute approximate surface area is 268 Å². The van der Waals surface area contributed by atoms with Gasteiger partial charge < -0.3 is 15.8 Å². The van der Waals surface area contributed by atoms with E-state index in [2.05, 4.69) is 20.1 Å². The number of nitrogens with one attached hydrogen (secondary N) is 1. The van der Waals surface area contributed by atoms with Crippen molar-refractivity contribution in [3.05, 3.63) is 81.7 Å². The van der Waals surface area contributed by atoms with E-state index < -0.39 is 48.2 Å². The molecule has 2 aromatic carbocycles. The van der Waals surface area contributed by atoms with E-state index in [0.717, 1.165) is 15.5 Å². The number of hydrogen-bond donors (Lipinski definition) is 2. The molecule has 2 aromatic heterocycles. The maximum absolute atomic E-state index is 15.5. The fourth-order valence-corrected chi connectivity index (χ4v) is 6.22. The van der Waals surface area contributed by atoms with Gasteiger partial charge in [0.05, 0.1) is 32.8 Å². The summed E-state index contributed by atoms with van der Waals surface area (Å²) in [5, 5.41) is 6.31. The number of hydrogen-bond acceptors (Lipinski definition) is 9. The molecule has 6 rings (SSSR count). The predicted octanol–water partition coefficient (Wildman–Crippen LogP) is 5.56. The number of alkyl halides is 3. The van der Waals surface area contributed by atoms with Crippen LogP contribution in [0, 0.1) is 19.7 Å². The first-order valence-corrected chi connectivity index (χ1v) is 15.1. The number of nitrogens with zero attached hydrogens (tertiary/aromatic N) is 6. The molecule has 4 aromatic rings. The van der Waals surface area contributed by atoms with Crippen LogP contribution in [0.5, 0.6) is 0 Å². The first kappa shape index (κ1) is 31.4. The van der Waals surface area contributed by atoms with Crippen molar-refractivity contribution in [3.63, 3.8) is 0 Å². The van der Waals surface area contributed by atoms with E-state index >= 15 is 4.39 Å². The fourth-order valence-electron chi connectivity index (χ4n) is 5.22. The number of carbonyl (C=O) groups excluding carboxylic acids is 2. The van der Waals surface area contributed by atoms with Crippen molar-refractivity contribution in [2.75, 3.05) is 6.61 Å². The lowest BCUT2D eigenvalue weighted by molar-refractivity contribution is -0.164. The van der Waals surface area contributed by atoms with Gasteiger partial charge in [0.15, 0.2) is 12.0 Å². The second-order valence-electron chi connectivity index (χ2n) is 10.9. The molecule has 0 bridgehead atoms. The molecule has 1 aliphatic carbocycles. The molecule has 46 heavy (non-hydrogen) atoms. The number of rotatable bonds is 8. The Kier molecular flexibility index (Phi) is 7.96. The summed E-state index contributed by atoms with van der Waals surface area (Å²) in [5.74, 6) is -1.27. The van der Waals surface area contributed by atoms with Crippen molar-refractivity contribution in [2.45, 2.75) is 50.5 Å². The molecule has 0 saturated heterocycles. The Hall–Kier alpha value is -4.57. The van der Waals surface area contributed by atoms with E-state index in [1.165, 1.54) is 46.6 Å². The van der Waals surface area contributed by atoms with Crippen LogP contribution in [0.2, 0.25) is 5.02 Å². The third-order valence-corrected chi connectivity index (χ3v) is 9.20. The maximum atomic E-state index is 15.5. The number of aliphatic imine (C=N–C) groups is 1. The summed E-state index contributed by atoms with van der Waals surface area (Å²) in [4.78, 5) is 40.8. The zero-order chi connectivity index (χ0) is 33.0. The van der Waals surface area contributed by atoms with Crippen molar-refractivity contribution in [1.29, 1.82) is 0 Å². The number of guanidine groups is 1. The topological polar surface area (TPSA) is 141 Å². The molecule has 3 N–H and O–H groups in total. The van der Waals surface area contributed by atoms with Gasteiger partial charge in [-0.2, -0.15) is 18.3 Å². The Morgan fingerprint density at radius 1 is 1.22 bits per heavy atom. The van der Waals surface area contributed by atoms with Crippen LogP contribution in [0.15, 0.2) is 53.2 Å².